The molecule has 84 valence electrons. The Balaban J connectivity index is 0.000000288. The zero-order valence-corrected chi connectivity index (χ0v) is 9.28. The lowest BCUT2D eigenvalue weighted by Crippen LogP contribution is -2.09. The first kappa shape index (κ1) is 13.7. The van der Waals surface area contributed by atoms with Crippen LogP contribution in [0.3, 0.4) is 0 Å². The van der Waals surface area contributed by atoms with E-state index in [1.165, 1.54) is 19.3 Å². The van der Waals surface area contributed by atoms with E-state index in [0.717, 1.165) is 6.54 Å². The molecule has 3 heteroatoms. The van der Waals surface area contributed by atoms with Crippen molar-refractivity contribution in [2.75, 3.05) is 6.54 Å². The van der Waals surface area contributed by atoms with Gasteiger partial charge in [0.25, 0.3) is 0 Å². The van der Waals surface area contributed by atoms with Gasteiger partial charge in [-0.3, -0.25) is 4.79 Å². The summed E-state index contributed by atoms with van der Waals surface area (Å²) in [7, 11) is 0. The van der Waals surface area contributed by atoms with Gasteiger partial charge >= 0.3 is 0 Å². The Kier molecular flexibility index (Phi) is 8.39. The quantitative estimate of drug-likeness (QED) is 0.742. The summed E-state index contributed by atoms with van der Waals surface area (Å²) < 4.78 is 0. The minimum Gasteiger partial charge on any atom is -0.366 e. The molecule has 0 spiro atoms. The predicted molar refractivity (Wildman–Crippen MR) is 63.5 cm³/mol. The van der Waals surface area contributed by atoms with Gasteiger partial charge < -0.3 is 11.5 Å². The molecule has 1 aromatic rings. The van der Waals surface area contributed by atoms with Crippen molar-refractivity contribution in [1.82, 2.24) is 0 Å². The van der Waals surface area contributed by atoms with Crippen LogP contribution in [0.1, 0.15) is 36.5 Å². The average Bonchev–Trinajstić information content (AvgIpc) is 2.28. The maximum Gasteiger partial charge on any atom is 0.248 e. The summed E-state index contributed by atoms with van der Waals surface area (Å²) >= 11 is 0. The van der Waals surface area contributed by atoms with E-state index in [4.69, 9.17) is 11.5 Å². The topological polar surface area (TPSA) is 69.1 Å². The van der Waals surface area contributed by atoms with Crippen molar-refractivity contribution in [3.8, 4) is 0 Å². The van der Waals surface area contributed by atoms with Crippen LogP contribution in [-0.4, -0.2) is 12.5 Å². The van der Waals surface area contributed by atoms with E-state index in [-0.39, 0.29) is 5.91 Å². The largest absolute Gasteiger partial charge is 0.366 e. The van der Waals surface area contributed by atoms with Crippen LogP contribution >= 0.6 is 0 Å². The second-order valence-electron chi connectivity index (χ2n) is 3.23. The van der Waals surface area contributed by atoms with Gasteiger partial charge in [0.2, 0.25) is 5.91 Å². The third-order valence-corrected chi connectivity index (χ3v) is 1.87. The maximum absolute atomic E-state index is 10.4. The summed E-state index contributed by atoms with van der Waals surface area (Å²) in [4.78, 5) is 10.4. The molecule has 15 heavy (non-hydrogen) atoms. The van der Waals surface area contributed by atoms with Crippen molar-refractivity contribution >= 4 is 5.91 Å². The van der Waals surface area contributed by atoms with Gasteiger partial charge in [0.05, 0.1) is 0 Å². The lowest BCUT2D eigenvalue weighted by Gasteiger charge is -1.89. The summed E-state index contributed by atoms with van der Waals surface area (Å²) in [5.74, 6) is -0.379. The zero-order chi connectivity index (χ0) is 11.5. The SMILES string of the molecule is CCCCCN.NC(=O)c1ccccc1. The lowest BCUT2D eigenvalue weighted by atomic mass is 10.2. The molecular formula is C12H20N2O. The van der Waals surface area contributed by atoms with Gasteiger partial charge in [-0.25, -0.2) is 0 Å². The van der Waals surface area contributed by atoms with E-state index in [1.807, 2.05) is 6.07 Å². The number of unbranched alkanes of at least 4 members (excludes halogenated alkanes) is 2. The highest BCUT2D eigenvalue weighted by molar-refractivity contribution is 5.92. The summed E-state index contributed by atoms with van der Waals surface area (Å²) in [6, 6.07) is 8.76. The minimum absolute atomic E-state index is 0.379. The molecule has 0 aliphatic rings. The molecule has 0 unspecified atom stereocenters. The molecule has 4 N–H and O–H groups in total. The fourth-order valence-electron chi connectivity index (χ4n) is 0.997. The smallest absolute Gasteiger partial charge is 0.248 e. The zero-order valence-electron chi connectivity index (χ0n) is 9.28. The number of benzene rings is 1. The van der Waals surface area contributed by atoms with Crippen LogP contribution < -0.4 is 11.5 Å². The Morgan fingerprint density at radius 3 is 2.07 bits per heavy atom. The Bertz CT molecular complexity index is 256. The molecule has 0 aromatic heterocycles. The fourth-order valence-corrected chi connectivity index (χ4v) is 0.997. The lowest BCUT2D eigenvalue weighted by molar-refractivity contribution is 0.100. The van der Waals surface area contributed by atoms with E-state index < -0.39 is 0 Å². The normalized spacial score (nSPS) is 8.93. The molecule has 0 aliphatic heterocycles. The molecule has 3 nitrogen and oxygen atoms in total. The Hall–Kier alpha value is -1.35. The molecule has 0 saturated carbocycles. The van der Waals surface area contributed by atoms with Crippen LogP contribution in [0.2, 0.25) is 0 Å². The third kappa shape index (κ3) is 7.70. The predicted octanol–water partition coefficient (Wildman–Crippen LogP) is 1.92. The average molecular weight is 208 g/mol. The Labute approximate surface area is 91.5 Å². The number of primary amides is 1. The van der Waals surface area contributed by atoms with Gasteiger partial charge in [0.15, 0.2) is 0 Å². The number of carbonyl (C=O) groups is 1. The molecule has 0 atom stereocenters. The van der Waals surface area contributed by atoms with Crippen LogP contribution in [-0.2, 0) is 0 Å². The molecular weight excluding hydrogens is 188 g/mol. The first-order valence-electron chi connectivity index (χ1n) is 5.27. The van der Waals surface area contributed by atoms with Crippen molar-refractivity contribution in [1.29, 1.82) is 0 Å². The highest BCUT2D eigenvalue weighted by Gasteiger charge is 1.93. The number of rotatable bonds is 4. The van der Waals surface area contributed by atoms with Gasteiger partial charge in [0, 0.05) is 5.56 Å². The van der Waals surface area contributed by atoms with E-state index in [0.29, 0.717) is 5.56 Å². The second kappa shape index (κ2) is 9.21. The van der Waals surface area contributed by atoms with Crippen molar-refractivity contribution in [2.24, 2.45) is 11.5 Å². The maximum atomic E-state index is 10.4. The number of hydrogen-bond acceptors (Lipinski definition) is 2. The number of hydrogen-bond donors (Lipinski definition) is 2. The standard InChI is InChI=1S/C7H7NO.C5H13N/c8-7(9)6-4-2-1-3-5-6;1-2-3-4-5-6/h1-5H,(H2,8,9);2-6H2,1H3. The van der Waals surface area contributed by atoms with Crippen LogP contribution in [0, 0.1) is 0 Å². The van der Waals surface area contributed by atoms with Gasteiger partial charge in [-0.1, -0.05) is 38.0 Å². The van der Waals surface area contributed by atoms with Gasteiger partial charge in [-0.2, -0.15) is 0 Å². The van der Waals surface area contributed by atoms with Crippen molar-refractivity contribution in [3.05, 3.63) is 35.9 Å². The molecule has 0 saturated heterocycles. The van der Waals surface area contributed by atoms with Gasteiger partial charge in [-0.05, 0) is 25.1 Å². The summed E-state index contributed by atoms with van der Waals surface area (Å²) in [6.45, 7) is 3.03. The van der Waals surface area contributed by atoms with Crippen molar-refractivity contribution in [2.45, 2.75) is 26.2 Å². The van der Waals surface area contributed by atoms with Crippen molar-refractivity contribution < 1.29 is 4.79 Å². The van der Waals surface area contributed by atoms with Gasteiger partial charge in [-0.15, -0.1) is 0 Å². The highest BCUT2D eigenvalue weighted by Crippen LogP contribution is 1.94. The molecule has 1 amide bonds. The summed E-state index contributed by atoms with van der Waals surface area (Å²) in [5, 5.41) is 0. The highest BCUT2D eigenvalue weighted by atomic mass is 16.1. The van der Waals surface area contributed by atoms with Crippen LogP contribution in [0.5, 0.6) is 0 Å². The Morgan fingerprint density at radius 2 is 1.80 bits per heavy atom. The number of amides is 1. The van der Waals surface area contributed by atoms with Crippen LogP contribution in [0.15, 0.2) is 30.3 Å². The molecule has 0 radical (unpaired) electrons. The first-order chi connectivity index (χ1) is 7.22. The van der Waals surface area contributed by atoms with E-state index in [1.54, 1.807) is 24.3 Å². The molecule has 0 bridgehead atoms. The third-order valence-electron chi connectivity index (χ3n) is 1.87. The summed E-state index contributed by atoms with van der Waals surface area (Å²) in [6.07, 6.45) is 3.75. The van der Waals surface area contributed by atoms with E-state index >= 15 is 0 Å². The molecule has 1 aromatic carbocycles. The van der Waals surface area contributed by atoms with Crippen LogP contribution in [0.4, 0.5) is 0 Å². The number of nitrogens with two attached hydrogens (primary N) is 2. The minimum atomic E-state index is -0.379. The monoisotopic (exact) mass is 208 g/mol. The molecule has 0 heterocycles. The van der Waals surface area contributed by atoms with E-state index in [2.05, 4.69) is 6.92 Å². The molecule has 1 rings (SSSR count). The molecule has 0 aliphatic carbocycles. The van der Waals surface area contributed by atoms with Gasteiger partial charge in [0.1, 0.15) is 0 Å². The first-order valence-corrected chi connectivity index (χ1v) is 5.27. The van der Waals surface area contributed by atoms with Crippen LogP contribution in [0.25, 0.3) is 0 Å². The number of carbonyl (C=O) groups excluding carboxylic acids is 1. The van der Waals surface area contributed by atoms with Crippen molar-refractivity contribution in [3.63, 3.8) is 0 Å². The molecule has 0 fully saturated rings. The van der Waals surface area contributed by atoms with E-state index in [9.17, 15) is 4.79 Å². The Morgan fingerprint density at radius 1 is 1.20 bits per heavy atom. The fraction of sp³-hybridized carbons (Fsp3) is 0.417. The second-order valence-corrected chi connectivity index (χ2v) is 3.23. The summed E-state index contributed by atoms with van der Waals surface area (Å²) in [5.41, 5.74) is 10.7.